The Kier molecular flexibility index (Phi) is 3.95. The van der Waals surface area contributed by atoms with Gasteiger partial charge in [0.15, 0.2) is 0 Å². The van der Waals surface area contributed by atoms with Gasteiger partial charge >= 0.3 is 0 Å². The third-order valence-corrected chi connectivity index (χ3v) is 3.64. The quantitative estimate of drug-likeness (QED) is 0.389. The van der Waals surface area contributed by atoms with Gasteiger partial charge < -0.3 is 4.74 Å². The molecule has 0 aliphatic rings. The Morgan fingerprint density at radius 3 is 2.57 bits per heavy atom. The van der Waals surface area contributed by atoms with E-state index in [4.69, 9.17) is 10.3 Å². The Balaban J connectivity index is 2.17. The molecule has 0 aromatic heterocycles. The van der Waals surface area contributed by atoms with Gasteiger partial charge in [-0.3, -0.25) is 4.79 Å². The first-order chi connectivity index (χ1) is 11.2. The molecular weight excluding hydrogens is 290 g/mol. The average molecular weight is 303 g/mol. The van der Waals surface area contributed by atoms with Crippen LogP contribution < -0.4 is 4.74 Å². The van der Waals surface area contributed by atoms with E-state index in [-0.39, 0.29) is 0 Å². The Morgan fingerprint density at radius 1 is 1.04 bits per heavy atom. The van der Waals surface area contributed by atoms with Crippen LogP contribution in [0.2, 0.25) is 0 Å². The molecule has 3 aromatic carbocycles. The molecule has 1 amide bonds. The number of hydrogen-bond donors (Lipinski definition) is 0. The van der Waals surface area contributed by atoms with Gasteiger partial charge in [0.05, 0.1) is 7.11 Å². The smallest absolute Gasteiger partial charge is 0.249 e. The first-order valence-corrected chi connectivity index (χ1v) is 6.99. The number of ether oxygens (including phenoxy) is 1. The molecular formula is C18H13N3O2. The van der Waals surface area contributed by atoms with Crippen LogP contribution in [0.4, 0.5) is 0 Å². The van der Waals surface area contributed by atoms with Crippen LogP contribution in [0.25, 0.3) is 32.3 Å². The highest BCUT2D eigenvalue weighted by Crippen LogP contribution is 2.33. The fraction of sp³-hybridized carbons (Fsp3) is 0.0556. The molecule has 23 heavy (non-hydrogen) atoms. The van der Waals surface area contributed by atoms with Crippen molar-refractivity contribution in [3.63, 3.8) is 0 Å². The lowest BCUT2D eigenvalue weighted by molar-refractivity contribution is 0.100. The Labute approximate surface area is 132 Å². The molecule has 0 unspecified atom stereocenters. The van der Waals surface area contributed by atoms with E-state index in [2.05, 4.69) is 10.0 Å². The van der Waals surface area contributed by atoms with E-state index in [9.17, 15) is 4.79 Å². The van der Waals surface area contributed by atoms with Crippen molar-refractivity contribution in [1.29, 1.82) is 0 Å². The molecule has 0 saturated carbocycles. The summed E-state index contributed by atoms with van der Waals surface area (Å²) in [5.74, 6) is 0.0370. The normalized spacial score (nSPS) is 10.1. The summed E-state index contributed by atoms with van der Waals surface area (Å²) in [6.45, 7) is 0. The van der Waals surface area contributed by atoms with Gasteiger partial charge in [0, 0.05) is 16.0 Å². The Morgan fingerprint density at radius 2 is 1.83 bits per heavy atom. The van der Waals surface area contributed by atoms with Crippen LogP contribution in [0.3, 0.4) is 0 Å². The van der Waals surface area contributed by atoms with Crippen molar-refractivity contribution in [2.75, 3.05) is 7.11 Å². The molecule has 0 saturated heterocycles. The van der Waals surface area contributed by atoms with Crippen LogP contribution >= 0.6 is 0 Å². The van der Waals surface area contributed by atoms with Crippen molar-refractivity contribution in [1.82, 2.24) is 0 Å². The van der Waals surface area contributed by atoms with E-state index in [1.807, 2.05) is 42.5 Å². The van der Waals surface area contributed by atoms with E-state index in [1.54, 1.807) is 25.3 Å². The van der Waals surface area contributed by atoms with Gasteiger partial charge in [0.2, 0.25) is 5.91 Å². The molecule has 0 fully saturated rings. The van der Waals surface area contributed by atoms with Crippen molar-refractivity contribution in [3.8, 4) is 16.9 Å². The third-order valence-electron chi connectivity index (χ3n) is 3.64. The van der Waals surface area contributed by atoms with E-state index in [1.165, 1.54) is 0 Å². The number of fused-ring (bicyclic) bond motifs is 1. The lowest BCUT2D eigenvalue weighted by atomic mass is 9.98. The second-order valence-corrected chi connectivity index (χ2v) is 4.97. The van der Waals surface area contributed by atoms with Crippen LogP contribution in [-0.4, -0.2) is 13.0 Å². The highest BCUT2D eigenvalue weighted by molar-refractivity contribution is 5.97. The standard InChI is InChI=1S/C18H13N3O2/c1-23-17-9-8-15(18(22)20-21-19)11-16(17)14-7-6-12-4-2-3-5-13(12)10-14/h2-11H,1H3. The van der Waals surface area contributed by atoms with Crippen molar-refractivity contribution in [3.05, 3.63) is 76.7 Å². The molecule has 0 aliphatic carbocycles. The van der Waals surface area contributed by atoms with Crippen LogP contribution in [0.1, 0.15) is 10.4 Å². The van der Waals surface area contributed by atoms with Gasteiger partial charge in [-0.2, -0.15) is 0 Å². The van der Waals surface area contributed by atoms with Crippen molar-refractivity contribution < 1.29 is 9.53 Å². The summed E-state index contributed by atoms with van der Waals surface area (Å²) in [4.78, 5) is 14.3. The summed E-state index contributed by atoms with van der Waals surface area (Å²) in [7, 11) is 1.58. The second kappa shape index (κ2) is 6.22. The largest absolute Gasteiger partial charge is 0.496 e. The van der Waals surface area contributed by atoms with Crippen LogP contribution in [0, 0.1) is 0 Å². The highest BCUT2D eigenvalue weighted by Gasteiger charge is 2.11. The first kappa shape index (κ1) is 14.6. The van der Waals surface area contributed by atoms with Crippen molar-refractivity contribution >= 4 is 16.7 Å². The number of rotatable bonds is 3. The van der Waals surface area contributed by atoms with Gasteiger partial charge in [0.1, 0.15) is 5.75 Å². The summed E-state index contributed by atoms with van der Waals surface area (Å²) in [6.07, 6.45) is 0. The molecule has 5 heteroatoms. The molecule has 0 bridgehead atoms. The summed E-state index contributed by atoms with van der Waals surface area (Å²) >= 11 is 0. The van der Waals surface area contributed by atoms with Crippen molar-refractivity contribution in [2.24, 2.45) is 5.11 Å². The number of amides is 1. The number of azide groups is 1. The summed E-state index contributed by atoms with van der Waals surface area (Å²) in [5.41, 5.74) is 10.4. The van der Waals surface area contributed by atoms with Gasteiger partial charge in [-0.25, -0.2) is 0 Å². The van der Waals surface area contributed by atoms with E-state index < -0.39 is 5.91 Å². The number of benzene rings is 3. The monoisotopic (exact) mass is 303 g/mol. The highest BCUT2D eigenvalue weighted by atomic mass is 16.5. The molecule has 0 atom stereocenters. The zero-order valence-corrected chi connectivity index (χ0v) is 12.4. The molecule has 0 spiro atoms. The average Bonchev–Trinajstić information content (AvgIpc) is 2.61. The maximum atomic E-state index is 11.8. The lowest BCUT2D eigenvalue weighted by Gasteiger charge is -2.11. The van der Waals surface area contributed by atoms with Gasteiger partial charge in [-0.15, -0.1) is 0 Å². The second-order valence-electron chi connectivity index (χ2n) is 4.97. The summed E-state index contributed by atoms with van der Waals surface area (Å²) in [6, 6.07) is 19.0. The van der Waals surface area contributed by atoms with E-state index >= 15 is 0 Å². The first-order valence-electron chi connectivity index (χ1n) is 6.99. The SMILES string of the molecule is COc1ccc(C(=O)N=[N+]=[N-])cc1-c1ccc2ccccc2c1. The maximum Gasteiger partial charge on any atom is 0.249 e. The van der Waals surface area contributed by atoms with E-state index in [0.717, 1.165) is 21.9 Å². The predicted molar refractivity (Wildman–Crippen MR) is 89.4 cm³/mol. The summed E-state index contributed by atoms with van der Waals surface area (Å²) in [5, 5.41) is 5.37. The van der Waals surface area contributed by atoms with Crippen molar-refractivity contribution in [2.45, 2.75) is 0 Å². The number of carbonyl (C=O) groups is 1. The van der Waals surface area contributed by atoms with E-state index in [0.29, 0.717) is 11.3 Å². The zero-order valence-electron chi connectivity index (χ0n) is 12.4. The van der Waals surface area contributed by atoms with Gasteiger partial charge in [-0.1, -0.05) is 36.4 Å². The molecule has 0 heterocycles. The molecule has 3 aromatic rings. The molecule has 0 aliphatic heterocycles. The van der Waals surface area contributed by atoms with Crippen LogP contribution in [-0.2, 0) is 0 Å². The fourth-order valence-electron chi connectivity index (χ4n) is 2.52. The predicted octanol–water partition coefficient (Wildman–Crippen LogP) is 4.97. The topological polar surface area (TPSA) is 75.1 Å². The maximum absolute atomic E-state index is 11.8. The minimum absolute atomic E-state index is 0.326. The Hall–Kier alpha value is -3.30. The molecule has 0 N–H and O–H groups in total. The number of hydrogen-bond acceptors (Lipinski definition) is 2. The Bertz CT molecular complexity index is 944. The summed E-state index contributed by atoms with van der Waals surface area (Å²) < 4.78 is 5.39. The minimum Gasteiger partial charge on any atom is -0.496 e. The van der Waals surface area contributed by atoms with Crippen LogP contribution in [0.5, 0.6) is 5.75 Å². The number of nitrogens with zero attached hydrogens (tertiary/aromatic N) is 3. The molecule has 0 radical (unpaired) electrons. The van der Waals surface area contributed by atoms with Gasteiger partial charge in [-0.05, 0) is 51.2 Å². The number of methoxy groups -OCH3 is 1. The molecule has 112 valence electrons. The zero-order chi connectivity index (χ0) is 16.2. The van der Waals surface area contributed by atoms with Gasteiger partial charge in [0.25, 0.3) is 0 Å². The minimum atomic E-state index is -0.614. The fourth-order valence-corrected chi connectivity index (χ4v) is 2.52. The van der Waals surface area contributed by atoms with Crippen LogP contribution in [0.15, 0.2) is 65.8 Å². The number of carbonyl (C=O) groups excluding carboxylic acids is 1. The lowest BCUT2D eigenvalue weighted by Crippen LogP contribution is -1.96. The molecule has 5 nitrogen and oxygen atoms in total. The molecule has 3 rings (SSSR count). The third kappa shape index (κ3) is 2.86.